The number of carbonyl (C=O) groups excluding carboxylic acids is 1. The average Bonchev–Trinajstić information content (AvgIpc) is 3.20. The lowest BCUT2D eigenvalue weighted by molar-refractivity contribution is 0.00959. The third kappa shape index (κ3) is 3.11. The largest absolute Gasteiger partial charge is 0.381 e. The summed E-state index contributed by atoms with van der Waals surface area (Å²) in [6.07, 6.45) is 1.79. The quantitative estimate of drug-likeness (QED) is 0.908. The zero-order chi connectivity index (χ0) is 17.3. The van der Waals surface area contributed by atoms with Gasteiger partial charge in [0.25, 0.3) is 0 Å². The fourth-order valence-electron chi connectivity index (χ4n) is 3.93. The van der Waals surface area contributed by atoms with Gasteiger partial charge >= 0.3 is 6.03 Å². The van der Waals surface area contributed by atoms with Crippen molar-refractivity contribution in [2.75, 3.05) is 31.6 Å². The molecule has 1 N–H and O–H groups in total. The van der Waals surface area contributed by atoms with Gasteiger partial charge in [-0.1, -0.05) is 23.4 Å². The molecule has 7 nitrogen and oxygen atoms in total. The Balaban J connectivity index is 1.56. The molecule has 2 aliphatic heterocycles. The number of aryl methyl sites for hydroxylation is 1. The number of nitrogens with one attached hydrogen (secondary N) is 1. The molecule has 0 bridgehead atoms. The Kier molecular flexibility index (Phi) is 4.17. The summed E-state index contributed by atoms with van der Waals surface area (Å²) in [7, 11) is 0. The Morgan fingerprint density at radius 1 is 1.28 bits per heavy atom. The first-order valence-corrected chi connectivity index (χ1v) is 8.65. The number of nitrogens with zero attached hydrogens (tertiary/aromatic N) is 3. The van der Waals surface area contributed by atoms with Gasteiger partial charge in [-0.25, -0.2) is 4.79 Å². The molecule has 1 aromatic heterocycles. The molecule has 2 fully saturated rings. The molecule has 132 valence electrons. The molecular weight excluding hydrogens is 320 g/mol. The van der Waals surface area contributed by atoms with E-state index in [1.807, 2.05) is 42.2 Å². The smallest absolute Gasteiger partial charge is 0.321 e. The van der Waals surface area contributed by atoms with Crippen LogP contribution in [0.25, 0.3) is 0 Å². The van der Waals surface area contributed by atoms with Crippen LogP contribution in [0.1, 0.15) is 30.5 Å². The van der Waals surface area contributed by atoms with E-state index in [1.54, 1.807) is 0 Å². The Labute approximate surface area is 146 Å². The number of hydrogen-bond donors (Lipinski definition) is 1. The van der Waals surface area contributed by atoms with Crippen molar-refractivity contribution in [2.45, 2.75) is 25.7 Å². The van der Waals surface area contributed by atoms with Gasteiger partial charge in [0, 0.05) is 37.4 Å². The van der Waals surface area contributed by atoms with E-state index in [0.29, 0.717) is 38.0 Å². The lowest BCUT2D eigenvalue weighted by Gasteiger charge is -2.36. The molecule has 1 atom stereocenters. The number of amides is 2. The Morgan fingerprint density at radius 2 is 2.04 bits per heavy atom. The zero-order valence-electron chi connectivity index (χ0n) is 14.3. The highest BCUT2D eigenvalue weighted by Gasteiger charge is 2.51. The lowest BCUT2D eigenvalue weighted by atomic mass is 9.72. The first-order valence-electron chi connectivity index (χ1n) is 8.65. The van der Waals surface area contributed by atoms with Crippen LogP contribution in [-0.4, -0.2) is 47.4 Å². The van der Waals surface area contributed by atoms with E-state index in [2.05, 4.69) is 15.5 Å². The third-order valence-electron chi connectivity index (χ3n) is 5.29. The molecule has 2 amide bonds. The molecule has 2 saturated heterocycles. The topological polar surface area (TPSA) is 80.5 Å². The number of carbonyl (C=O) groups is 1. The third-order valence-corrected chi connectivity index (χ3v) is 5.29. The van der Waals surface area contributed by atoms with Crippen LogP contribution in [0.15, 0.2) is 34.9 Å². The molecule has 1 aromatic carbocycles. The highest BCUT2D eigenvalue weighted by Crippen LogP contribution is 2.49. The molecule has 0 aliphatic carbocycles. The Bertz CT molecular complexity index is 740. The summed E-state index contributed by atoms with van der Waals surface area (Å²) < 4.78 is 11.0. The monoisotopic (exact) mass is 342 g/mol. The molecule has 3 heterocycles. The normalized spacial score (nSPS) is 22.3. The molecule has 25 heavy (non-hydrogen) atoms. The van der Waals surface area contributed by atoms with Crippen molar-refractivity contribution in [2.24, 2.45) is 5.41 Å². The van der Waals surface area contributed by atoms with Crippen LogP contribution >= 0.6 is 0 Å². The van der Waals surface area contributed by atoms with Crippen LogP contribution in [-0.2, 0) is 4.74 Å². The first-order chi connectivity index (χ1) is 12.2. The van der Waals surface area contributed by atoms with Crippen molar-refractivity contribution < 1.29 is 14.1 Å². The van der Waals surface area contributed by atoms with Crippen LogP contribution in [0, 0.1) is 12.3 Å². The standard InChI is InChI=1S/C18H22N4O3/c1-13-19-16(25-21-13)15-11-22(12-18(15)7-9-24-10-8-18)17(23)20-14-5-3-2-4-6-14/h2-6,15H,7-12H2,1H3,(H,20,23)/t15-/m1/s1. The summed E-state index contributed by atoms with van der Waals surface area (Å²) in [4.78, 5) is 19.0. The Morgan fingerprint density at radius 3 is 2.72 bits per heavy atom. The number of aromatic nitrogens is 2. The van der Waals surface area contributed by atoms with E-state index in [9.17, 15) is 4.79 Å². The van der Waals surface area contributed by atoms with Crippen molar-refractivity contribution in [3.8, 4) is 0 Å². The number of hydrogen-bond acceptors (Lipinski definition) is 5. The fourth-order valence-corrected chi connectivity index (χ4v) is 3.93. The molecule has 0 unspecified atom stereocenters. The van der Waals surface area contributed by atoms with Gasteiger partial charge in [-0.2, -0.15) is 4.98 Å². The van der Waals surface area contributed by atoms with Crippen molar-refractivity contribution in [3.63, 3.8) is 0 Å². The van der Waals surface area contributed by atoms with Crippen molar-refractivity contribution in [1.82, 2.24) is 15.0 Å². The Hall–Kier alpha value is -2.41. The number of likely N-dealkylation sites (tertiary alicyclic amines) is 1. The fraction of sp³-hybridized carbons (Fsp3) is 0.500. The van der Waals surface area contributed by atoms with Crippen molar-refractivity contribution >= 4 is 11.7 Å². The summed E-state index contributed by atoms with van der Waals surface area (Å²) in [5, 5.41) is 6.91. The molecule has 7 heteroatoms. The molecule has 0 saturated carbocycles. The summed E-state index contributed by atoms with van der Waals surface area (Å²) >= 11 is 0. The van der Waals surface area contributed by atoms with Gasteiger partial charge in [0.15, 0.2) is 5.82 Å². The molecule has 0 radical (unpaired) electrons. The molecule has 1 spiro atoms. The number of urea groups is 1. The second-order valence-electron chi connectivity index (χ2n) is 6.88. The lowest BCUT2D eigenvalue weighted by Crippen LogP contribution is -2.38. The maximum atomic E-state index is 12.7. The van der Waals surface area contributed by atoms with Gasteiger partial charge in [0.05, 0.1) is 5.92 Å². The number of ether oxygens (including phenoxy) is 1. The van der Waals surface area contributed by atoms with Gasteiger partial charge in [0.2, 0.25) is 5.89 Å². The van der Waals surface area contributed by atoms with E-state index in [1.165, 1.54) is 0 Å². The van der Waals surface area contributed by atoms with E-state index in [4.69, 9.17) is 9.26 Å². The van der Waals surface area contributed by atoms with E-state index in [-0.39, 0.29) is 17.4 Å². The minimum Gasteiger partial charge on any atom is -0.381 e. The van der Waals surface area contributed by atoms with Crippen LogP contribution in [0.3, 0.4) is 0 Å². The molecule has 2 aliphatic rings. The van der Waals surface area contributed by atoms with Crippen LogP contribution in [0.4, 0.5) is 10.5 Å². The molecular formula is C18H22N4O3. The van der Waals surface area contributed by atoms with Crippen LogP contribution in [0.2, 0.25) is 0 Å². The van der Waals surface area contributed by atoms with Crippen molar-refractivity contribution in [1.29, 1.82) is 0 Å². The van der Waals surface area contributed by atoms with Crippen LogP contribution < -0.4 is 5.32 Å². The van der Waals surface area contributed by atoms with Gasteiger partial charge < -0.3 is 19.5 Å². The molecule has 4 rings (SSSR count). The number of benzene rings is 1. The number of para-hydroxylation sites is 1. The van der Waals surface area contributed by atoms with Crippen molar-refractivity contribution in [3.05, 3.63) is 42.0 Å². The summed E-state index contributed by atoms with van der Waals surface area (Å²) in [6, 6.07) is 9.42. The van der Waals surface area contributed by atoms with E-state index < -0.39 is 0 Å². The first kappa shape index (κ1) is 16.1. The highest BCUT2D eigenvalue weighted by molar-refractivity contribution is 5.89. The van der Waals surface area contributed by atoms with E-state index >= 15 is 0 Å². The van der Waals surface area contributed by atoms with E-state index in [0.717, 1.165) is 18.5 Å². The minimum atomic E-state index is -0.0872. The second kappa shape index (κ2) is 6.48. The van der Waals surface area contributed by atoms with Crippen LogP contribution in [0.5, 0.6) is 0 Å². The zero-order valence-corrected chi connectivity index (χ0v) is 14.3. The number of rotatable bonds is 2. The maximum absolute atomic E-state index is 12.7. The van der Waals surface area contributed by atoms with Gasteiger partial charge in [-0.3, -0.25) is 0 Å². The molecule has 2 aromatic rings. The summed E-state index contributed by atoms with van der Waals surface area (Å²) in [5.41, 5.74) is 0.747. The minimum absolute atomic E-state index is 0.0503. The second-order valence-corrected chi connectivity index (χ2v) is 6.88. The SMILES string of the molecule is Cc1noc([C@H]2CN(C(=O)Nc3ccccc3)CC23CCOCC3)n1. The summed E-state index contributed by atoms with van der Waals surface area (Å²) in [5.74, 6) is 1.32. The number of anilines is 1. The predicted octanol–water partition coefficient (Wildman–Crippen LogP) is 2.81. The van der Waals surface area contributed by atoms with Gasteiger partial charge in [-0.15, -0.1) is 0 Å². The predicted molar refractivity (Wildman–Crippen MR) is 91.3 cm³/mol. The maximum Gasteiger partial charge on any atom is 0.321 e. The summed E-state index contributed by atoms with van der Waals surface area (Å²) in [6.45, 7) is 4.50. The highest BCUT2D eigenvalue weighted by atomic mass is 16.5. The average molecular weight is 342 g/mol. The van der Waals surface area contributed by atoms with Gasteiger partial charge in [0.1, 0.15) is 0 Å². The van der Waals surface area contributed by atoms with Gasteiger partial charge in [-0.05, 0) is 31.9 Å².